The molecule has 0 aliphatic heterocycles. The Balaban J connectivity index is 2.47. The van der Waals surface area contributed by atoms with Gasteiger partial charge in [-0.2, -0.15) is 5.10 Å². The van der Waals surface area contributed by atoms with Gasteiger partial charge in [0.1, 0.15) is 0 Å². The minimum atomic E-state index is 0.813. The average molecular weight is 187 g/mol. The Morgan fingerprint density at radius 1 is 1.29 bits per heavy atom. The van der Waals surface area contributed by atoms with Crippen LogP contribution in [0.25, 0.3) is 11.3 Å². The highest BCUT2D eigenvalue weighted by molar-refractivity contribution is 5.65. The molecule has 2 rings (SSSR count). The minimum Gasteiger partial charge on any atom is -0.398 e. The second kappa shape index (κ2) is 3.18. The van der Waals surface area contributed by atoms with Gasteiger partial charge in [-0.05, 0) is 24.6 Å². The van der Waals surface area contributed by atoms with Crippen molar-refractivity contribution in [3.63, 3.8) is 0 Å². The topological polar surface area (TPSA) is 43.8 Å². The lowest BCUT2D eigenvalue weighted by Gasteiger charge is -2.01. The molecule has 0 radical (unpaired) electrons. The van der Waals surface area contributed by atoms with Crippen molar-refractivity contribution in [3.8, 4) is 11.3 Å². The molecule has 2 N–H and O–H groups in total. The van der Waals surface area contributed by atoms with Crippen LogP contribution in [-0.2, 0) is 7.05 Å². The molecule has 2 aromatic rings. The Labute approximate surface area is 83.2 Å². The maximum Gasteiger partial charge on any atom is 0.0923 e. The molecule has 0 aliphatic carbocycles. The quantitative estimate of drug-likeness (QED) is 0.694. The Hall–Kier alpha value is -1.77. The standard InChI is InChI=1S/C11H13N3/c1-8-3-4-9(7-10(8)12)11-5-6-14(2)13-11/h3-7H,12H2,1-2H3. The first-order valence-electron chi connectivity index (χ1n) is 4.53. The number of hydrogen-bond acceptors (Lipinski definition) is 2. The summed E-state index contributed by atoms with van der Waals surface area (Å²) >= 11 is 0. The molecule has 0 atom stereocenters. The van der Waals surface area contributed by atoms with E-state index in [1.54, 1.807) is 4.68 Å². The SMILES string of the molecule is Cc1ccc(-c2ccn(C)n2)cc1N. The van der Waals surface area contributed by atoms with E-state index in [2.05, 4.69) is 5.10 Å². The fourth-order valence-corrected chi connectivity index (χ4v) is 1.37. The molecular weight excluding hydrogens is 174 g/mol. The van der Waals surface area contributed by atoms with Crippen LogP contribution in [0.3, 0.4) is 0 Å². The van der Waals surface area contributed by atoms with Gasteiger partial charge in [0.2, 0.25) is 0 Å². The summed E-state index contributed by atoms with van der Waals surface area (Å²) < 4.78 is 1.78. The van der Waals surface area contributed by atoms with E-state index < -0.39 is 0 Å². The third-order valence-electron chi connectivity index (χ3n) is 2.29. The lowest BCUT2D eigenvalue weighted by Crippen LogP contribution is -1.91. The van der Waals surface area contributed by atoms with Crippen LogP contribution in [0.1, 0.15) is 5.56 Å². The predicted octanol–water partition coefficient (Wildman–Crippen LogP) is 1.98. The third kappa shape index (κ3) is 1.48. The Morgan fingerprint density at radius 2 is 2.07 bits per heavy atom. The first-order chi connectivity index (χ1) is 6.66. The number of rotatable bonds is 1. The first-order valence-corrected chi connectivity index (χ1v) is 4.53. The van der Waals surface area contributed by atoms with Crippen LogP contribution in [0.15, 0.2) is 30.5 Å². The Bertz CT molecular complexity index is 457. The Morgan fingerprint density at radius 3 is 2.64 bits per heavy atom. The number of anilines is 1. The van der Waals surface area contributed by atoms with Crippen molar-refractivity contribution in [2.24, 2.45) is 7.05 Å². The maximum absolute atomic E-state index is 5.83. The molecule has 0 fully saturated rings. The number of benzene rings is 1. The van der Waals surface area contributed by atoms with Crippen molar-refractivity contribution in [2.45, 2.75) is 6.92 Å². The number of aromatic nitrogens is 2. The van der Waals surface area contributed by atoms with Crippen LogP contribution in [-0.4, -0.2) is 9.78 Å². The third-order valence-corrected chi connectivity index (χ3v) is 2.29. The summed E-state index contributed by atoms with van der Waals surface area (Å²) in [5.41, 5.74) is 9.77. The highest BCUT2D eigenvalue weighted by atomic mass is 15.2. The number of nitrogen functional groups attached to an aromatic ring is 1. The number of nitrogens with two attached hydrogens (primary N) is 1. The van der Waals surface area contributed by atoms with E-state index in [9.17, 15) is 0 Å². The van der Waals surface area contributed by atoms with E-state index in [0.29, 0.717) is 0 Å². The molecule has 0 saturated carbocycles. The molecule has 1 heterocycles. The van der Waals surface area contributed by atoms with Gasteiger partial charge < -0.3 is 5.73 Å². The second-order valence-corrected chi connectivity index (χ2v) is 3.45. The molecule has 0 aliphatic rings. The second-order valence-electron chi connectivity index (χ2n) is 3.45. The molecule has 3 nitrogen and oxygen atoms in total. The average Bonchev–Trinajstić information content (AvgIpc) is 2.57. The largest absolute Gasteiger partial charge is 0.398 e. The molecule has 0 amide bonds. The van der Waals surface area contributed by atoms with Gasteiger partial charge in [0.15, 0.2) is 0 Å². The minimum absolute atomic E-state index is 0.813. The van der Waals surface area contributed by atoms with E-state index >= 15 is 0 Å². The molecular formula is C11H13N3. The van der Waals surface area contributed by atoms with Crippen molar-refractivity contribution in [2.75, 3.05) is 5.73 Å². The van der Waals surface area contributed by atoms with Gasteiger partial charge in [-0.1, -0.05) is 12.1 Å². The first kappa shape index (κ1) is 8.81. The summed E-state index contributed by atoms with van der Waals surface area (Å²) in [5.74, 6) is 0. The van der Waals surface area contributed by atoms with Crippen molar-refractivity contribution in [3.05, 3.63) is 36.0 Å². The van der Waals surface area contributed by atoms with Crippen LogP contribution < -0.4 is 5.73 Å². The number of hydrogen-bond donors (Lipinski definition) is 1. The van der Waals surface area contributed by atoms with Crippen LogP contribution in [0.5, 0.6) is 0 Å². The molecule has 0 unspecified atom stereocenters. The smallest absolute Gasteiger partial charge is 0.0923 e. The maximum atomic E-state index is 5.83. The Kier molecular flexibility index (Phi) is 2.00. The molecule has 14 heavy (non-hydrogen) atoms. The molecule has 1 aromatic heterocycles. The van der Waals surface area contributed by atoms with Crippen molar-refractivity contribution in [1.29, 1.82) is 0 Å². The lowest BCUT2D eigenvalue weighted by molar-refractivity contribution is 0.771. The van der Waals surface area contributed by atoms with Crippen LogP contribution in [0.2, 0.25) is 0 Å². The summed E-state index contributed by atoms with van der Waals surface area (Å²) in [7, 11) is 1.90. The molecule has 72 valence electrons. The van der Waals surface area contributed by atoms with Crippen LogP contribution in [0, 0.1) is 6.92 Å². The highest BCUT2D eigenvalue weighted by Crippen LogP contribution is 2.21. The van der Waals surface area contributed by atoms with Gasteiger partial charge in [0.05, 0.1) is 5.69 Å². The zero-order valence-corrected chi connectivity index (χ0v) is 8.36. The van der Waals surface area contributed by atoms with E-state index in [0.717, 1.165) is 22.5 Å². The van der Waals surface area contributed by atoms with Crippen LogP contribution in [0.4, 0.5) is 5.69 Å². The molecule has 0 spiro atoms. The van der Waals surface area contributed by atoms with Gasteiger partial charge in [0.25, 0.3) is 0 Å². The normalized spacial score (nSPS) is 10.4. The van der Waals surface area contributed by atoms with Gasteiger partial charge in [-0.3, -0.25) is 4.68 Å². The summed E-state index contributed by atoms with van der Waals surface area (Å²) in [6.45, 7) is 2.00. The molecule has 1 aromatic carbocycles. The van der Waals surface area contributed by atoms with Crippen molar-refractivity contribution >= 4 is 5.69 Å². The summed E-state index contributed by atoms with van der Waals surface area (Å²) in [6, 6.07) is 7.98. The predicted molar refractivity (Wildman–Crippen MR) is 57.8 cm³/mol. The highest BCUT2D eigenvalue weighted by Gasteiger charge is 2.02. The van der Waals surface area contributed by atoms with E-state index in [4.69, 9.17) is 5.73 Å². The fraction of sp³-hybridized carbons (Fsp3) is 0.182. The van der Waals surface area contributed by atoms with Gasteiger partial charge in [0, 0.05) is 24.5 Å². The van der Waals surface area contributed by atoms with E-state index in [-0.39, 0.29) is 0 Å². The number of aryl methyl sites for hydroxylation is 2. The molecule has 3 heteroatoms. The fourth-order valence-electron chi connectivity index (χ4n) is 1.37. The van der Waals surface area contributed by atoms with Gasteiger partial charge >= 0.3 is 0 Å². The zero-order chi connectivity index (χ0) is 10.1. The van der Waals surface area contributed by atoms with Crippen molar-refractivity contribution in [1.82, 2.24) is 9.78 Å². The number of nitrogens with zero attached hydrogens (tertiary/aromatic N) is 2. The van der Waals surface area contributed by atoms with E-state index in [1.807, 2.05) is 44.4 Å². The van der Waals surface area contributed by atoms with Crippen molar-refractivity contribution < 1.29 is 0 Å². The van der Waals surface area contributed by atoms with Gasteiger partial charge in [-0.25, -0.2) is 0 Å². The zero-order valence-electron chi connectivity index (χ0n) is 8.36. The monoisotopic (exact) mass is 187 g/mol. The molecule has 0 saturated heterocycles. The van der Waals surface area contributed by atoms with Gasteiger partial charge in [-0.15, -0.1) is 0 Å². The molecule has 0 bridgehead atoms. The summed E-state index contributed by atoms with van der Waals surface area (Å²) in [6.07, 6.45) is 1.92. The van der Waals surface area contributed by atoms with E-state index in [1.165, 1.54) is 0 Å². The lowest BCUT2D eigenvalue weighted by atomic mass is 10.1. The summed E-state index contributed by atoms with van der Waals surface area (Å²) in [5, 5.41) is 4.31. The summed E-state index contributed by atoms with van der Waals surface area (Å²) in [4.78, 5) is 0. The van der Waals surface area contributed by atoms with Crippen LogP contribution >= 0.6 is 0 Å².